The van der Waals surface area contributed by atoms with Crippen LogP contribution in [0.1, 0.15) is 18.9 Å². The Bertz CT molecular complexity index is 931. The van der Waals surface area contributed by atoms with Gasteiger partial charge in [0.2, 0.25) is 0 Å². The summed E-state index contributed by atoms with van der Waals surface area (Å²) in [5.41, 5.74) is 0.685. The van der Waals surface area contributed by atoms with Crippen LogP contribution in [-0.4, -0.2) is 24.3 Å². The third-order valence-electron chi connectivity index (χ3n) is 4.42. The molecule has 0 spiro atoms. The van der Waals surface area contributed by atoms with E-state index in [4.69, 9.17) is 4.74 Å². The highest BCUT2D eigenvalue weighted by atomic mass is 32.2. The van der Waals surface area contributed by atoms with Gasteiger partial charge in [-0.2, -0.15) is 11.8 Å². The summed E-state index contributed by atoms with van der Waals surface area (Å²) in [7, 11) is 0. The van der Waals surface area contributed by atoms with Gasteiger partial charge < -0.3 is 10.1 Å². The number of fused-ring (bicyclic) bond motifs is 1. The zero-order valence-electron chi connectivity index (χ0n) is 15.9. The maximum absolute atomic E-state index is 13.6. The molecule has 0 fully saturated rings. The first-order valence-corrected chi connectivity index (χ1v) is 10.6. The minimum absolute atomic E-state index is 0.123. The van der Waals surface area contributed by atoms with E-state index in [0.29, 0.717) is 35.8 Å². The molecule has 1 atom stereocenters. The molecule has 0 saturated heterocycles. The molecule has 28 heavy (non-hydrogen) atoms. The van der Waals surface area contributed by atoms with Crippen molar-refractivity contribution in [1.82, 2.24) is 5.32 Å². The number of rotatable bonds is 9. The first kappa shape index (κ1) is 20.2. The lowest BCUT2D eigenvalue weighted by molar-refractivity contribution is -0.127. The minimum Gasteiger partial charge on any atom is -0.481 e. The first-order valence-electron chi connectivity index (χ1n) is 9.41. The summed E-state index contributed by atoms with van der Waals surface area (Å²) in [4.78, 5) is 12.4. The Morgan fingerprint density at radius 1 is 1.07 bits per heavy atom. The Morgan fingerprint density at radius 2 is 1.82 bits per heavy atom. The Hall–Kier alpha value is -2.53. The lowest BCUT2D eigenvalue weighted by Gasteiger charge is -2.17. The van der Waals surface area contributed by atoms with Gasteiger partial charge >= 0.3 is 0 Å². The number of carbonyl (C=O) groups excluding carboxylic acids is 1. The standard InChI is InChI=1S/C23H24FNO2S/c1-2-22(27-20-12-11-17-7-3-4-8-18(17)15-20)23(26)25-13-14-28-16-19-9-5-6-10-21(19)24/h3-12,15,22H,2,13-14,16H2,1H3,(H,25,26)/t22-/m1/s1. The summed E-state index contributed by atoms with van der Waals surface area (Å²) in [5, 5.41) is 5.13. The summed E-state index contributed by atoms with van der Waals surface area (Å²) in [6, 6.07) is 20.6. The van der Waals surface area contributed by atoms with Gasteiger partial charge in [0.15, 0.2) is 6.10 Å². The molecule has 0 aliphatic carbocycles. The second kappa shape index (κ2) is 10.1. The molecule has 0 heterocycles. The molecule has 0 radical (unpaired) electrons. The average molecular weight is 398 g/mol. The third kappa shape index (κ3) is 5.49. The SMILES string of the molecule is CC[C@@H](Oc1ccc2ccccc2c1)C(=O)NCCSCc1ccccc1F. The maximum atomic E-state index is 13.6. The van der Waals surface area contributed by atoms with E-state index >= 15 is 0 Å². The lowest BCUT2D eigenvalue weighted by atomic mass is 10.1. The van der Waals surface area contributed by atoms with Crippen molar-refractivity contribution in [1.29, 1.82) is 0 Å². The first-order chi connectivity index (χ1) is 13.7. The fraction of sp³-hybridized carbons (Fsp3) is 0.261. The van der Waals surface area contributed by atoms with Gasteiger partial charge in [-0.3, -0.25) is 4.79 Å². The molecule has 3 nitrogen and oxygen atoms in total. The highest BCUT2D eigenvalue weighted by Gasteiger charge is 2.18. The molecular formula is C23H24FNO2S. The second-order valence-corrected chi connectivity index (χ2v) is 7.56. The quantitative estimate of drug-likeness (QED) is 0.505. The van der Waals surface area contributed by atoms with Crippen molar-refractivity contribution >= 4 is 28.4 Å². The molecule has 0 aliphatic heterocycles. The van der Waals surface area contributed by atoms with E-state index in [9.17, 15) is 9.18 Å². The van der Waals surface area contributed by atoms with Crippen LogP contribution in [0, 0.1) is 5.82 Å². The van der Waals surface area contributed by atoms with Crippen LogP contribution in [0.15, 0.2) is 66.7 Å². The Balaban J connectivity index is 1.45. The van der Waals surface area contributed by atoms with Gasteiger partial charge in [-0.15, -0.1) is 0 Å². The van der Waals surface area contributed by atoms with Gasteiger partial charge in [0, 0.05) is 18.1 Å². The van der Waals surface area contributed by atoms with E-state index in [1.54, 1.807) is 23.9 Å². The van der Waals surface area contributed by atoms with Crippen molar-refractivity contribution in [2.75, 3.05) is 12.3 Å². The zero-order valence-corrected chi connectivity index (χ0v) is 16.7. The molecule has 0 bridgehead atoms. The number of nitrogens with one attached hydrogen (secondary N) is 1. The van der Waals surface area contributed by atoms with Crippen LogP contribution in [0.25, 0.3) is 10.8 Å². The number of hydrogen-bond acceptors (Lipinski definition) is 3. The topological polar surface area (TPSA) is 38.3 Å². The molecular weight excluding hydrogens is 373 g/mol. The van der Waals surface area contributed by atoms with E-state index < -0.39 is 6.10 Å². The zero-order chi connectivity index (χ0) is 19.8. The van der Waals surface area contributed by atoms with Crippen LogP contribution < -0.4 is 10.1 Å². The smallest absolute Gasteiger partial charge is 0.261 e. The van der Waals surface area contributed by atoms with Crippen molar-refractivity contribution in [2.45, 2.75) is 25.2 Å². The maximum Gasteiger partial charge on any atom is 0.261 e. The van der Waals surface area contributed by atoms with Crippen molar-refractivity contribution in [3.05, 3.63) is 78.1 Å². The minimum atomic E-state index is -0.530. The predicted octanol–water partition coefficient (Wildman–Crippen LogP) is 5.19. The van der Waals surface area contributed by atoms with E-state index in [2.05, 4.69) is 5.32 Å². The van der Waals surface area contributed by atoms with Gasteiger partial charge in [-0.25, -0.2) is 4.39 Å². The van der Waals surface area contributed by atoms with Crippen LogP contribution >= 0.6 is 11.8 Å². The number of ether oxygens (including phenoxy) is 1. The lowest BCUT2D eigenvalue weighted by Crippen LogP contribution is -2.39. The van der Waals surface area contributed by atoms with Crippen molar-refractivity contribution in [3.8, 4) is 5.75 Å². The molecule has 3 aromatic carbocycles. The van der Waals surface area contributed by atoms with Gasteiger partial charge in [0.1, 0.15) is 11.6 Å². The van der Waals surface area contributed by atoms with Crippen molar-refractivity contribution < 1.29 is 13.9 Å². The Labute approximate surface area is 169 Å². The Kier molecular flexibility index (Phi) is 7.31. The second-order valence-electron chi connectivity index (χ2n) is 6.46. The number of carbonyl (C=O) groups is 1. The van der Waals surface area contributed by atoms with E-state index in [1.807, 2.05) is 55.5 Å². The molecule has 0 unspecified atom stereocenters. The molecule has 3 aromatic rings. The summed E-state index contributed by atoms with van der Waals surface area (Å²) in [6.45, 7) is 2.45. The van der Waals surface area contributed by atoms with Crippen molar-refractivity contribution in [3.63, 3.8) is 0 Å². The molecule has 1 amide bonds. The third-order valence-corrected chi connectivity index (χ3v) is 5.43. The highest BCUT2D eigenvalue weighted by Crippen LogP contribution is 2.22. The summed E-state index contributed by atoms with van der Waals surface area (Å²) < 4.78 is 19.5. The van der Waals surface area contributed by atoms with Gasteiger partial charge in [0.05, 0.1) is 0 Å². The monoisotopic (exact) mass is 397 g/mol. The largest absolute Gasteiger partial charge is 0.481 e. The fourth-order valence-corrected chi connectivity index (χ4v) is 3.73. The molecule has 5 heteroatoms. The van der Waals surface area contributed by atoms with Crippen molar-refractivity contribution in [2.24, 2.45) is 0 Å². The van der Waals surface area contributed by atoms with E-state index in [1.165, 1.54) is 6.07 Å². The molecule has 146 valence electrons. The van der Waals surface area contributed by atoms with Crippen LogP contribution in [0.4, 0.5) is 4.39 Å². The number of halogens is 1. The van der Waals surface area contributed by atoms with Crippen LogP contribution in [0.3, 0.4) is 0 Å². The molecule has 0 aliphatic rings. The van der Waals surface area contributed by atoms with Gasteiger partial charge in [-0.05, 0) is 41.0 Å². The van der Waals surface area contributed by atoms with Gasteiger partial charge in [-0.1, -0.05) is 55.5 Å². The number of hydrogen-bond donors (Lipinski definition) is 1. The van der Waals surface area contributed by atoms with Crippen LogP contribution in [0.5, 0.6) is 5.75 Å². The van der Waals surface area contributed by atoms with Crippen LogP contribution in [0.2, 0.25) is 0 Å². The fourth-order valence-electron chi connectivity index (χ4n) is 2.89. The molecule has 0 aromatic heterocycles. The summed E-state index contributed by atoms with van der Waals surface area (Å²) in [6.07, 6.45) is 0.0545. The normalized spacial score (nSPS) is 11.9. The van der Waals surface area contributed by atoms with E-state index in [0.717, 1.165) is 10.8 Å². The molecule has 0 saturated carbocycles. The average Bonchev–Trinajstić information content (AvgIpc) is 2.72. The van der Waals surface area contributed by atoms with Gasteiger partial charge in [0.25, 0.3) is 5.91 Å². The molecule has 3 rings (SSSR count). The number of benzene rings is 3. The predicted molar refractivity (Wildman–Crippen MR) is 114 cm³/mol. The van der Waals surface area contributed by atoms with E-state index in [-0.39, 0.29) is 11.7 Å². The highest BCUT2D eigenvalue weighted by molar-refractivity contribution is 7.98. The number of amides is 1. The number of thioether (sulfide) groups is 1. The molecule has 1 N–H and O–H groups in total. The Morgan fingerprint density at radius 3 is 2.61 bits per heavy atom. The summed E-state index contributed by atoms with van der Waals surface area (Å²) >= 11 is 1.59. The van der Waals surface area contributed by atoms with Crippen LogP contribution in [-0.2, 0) is 10.5 Å². The summed E-state index contributed by atoms with van der Waals surface area (Å²) in [5.74, 6) is 1.69.